The molecule has 5 rings (SSSR count). The Balaban J connectivity index is 1.35. The minimum absolute atomic E-state index is 0.0801. The normalized spacial score (nSPS) is 19.2. The zero-order valence-corrected chi connectivity index (χ0v) is 20.2. The van der Waals surface area contributed by atoms with Crippen molar-refractivity contribution < 1.29 is 18.7 Å². The minimum atomic E-state index is -0.705. The smallest absolute Gasteiger partial charge is 0.262 e. The lowest BCUT2D eigenvalue weighted by Gasteiger charge is -2.23. The Hall–Kier alpha value is -3.98. The molecular weight excluding hydrogens is 479 g/mol. The Labute approximate surface area is 212 Å². The van der Waals surface area contributed by atoms with Crippen molar-refractivity contribution in [1.29, 1.82) is 0 Å². The Morgan fingerprint density at radius 1 is 1.08 bits per heavy atom. The number of carbonyl (C=O) groups excluding carboxylic acids is 2. The van der Waals surface area contributed by atoms with Gasteiger partial charge in [0.15, 0.2) is 5.17 Å². The van der Waals surface area contributed by atoms with Gasteiger partial charge in [0, 0.05) is 12.8 Å². The van der Waals surface area contributed by atoms with Crippen LogP contribution in [0.1, 0.15) is 30.0 Å². The summed E-state index contributed by atoms with van der Waals surface area (Å²) in [5.74, 6) is -0.632. The highest BCUT2D eigenvalue weighted by Crippen LogP contribution is 2.38. The van der Waals surface area contributed by atoms with Crippen molar-refractivity contribution in [1.82, 2.24) is 5.01 Å². The average molecular weight is 503 g/mol. The largest absolute Gasteiger partial charge is 0.497 e. The van der Waals surface area contributed by atoms with Crippen molar-refractivity contribution in [2.75, 3.05) is 12.4 Å². The molecule has 182 valence electrons. The molecule has 9 heteroatoms. The summed E-state index contributed by atoms with van der Waals surface area (Å²) in [6, 6.07) is 23.3. The molecule has 0 bridgehead atoms. The molecule has 2 aliphatic heterocycles. The number of amidine groups is 1. The zero-order chi connectivity index (χ0) is 25.1. The number of para-hydroxylation sites is 1. The highest BCUT2D eigenvalue weighted by molar-refractivity contribution is 8.15. The van der Waals surface area contributed by atoms with Gasteiger partial charge in [-0.15, -0.1) is 0 Å². The van der Waals surface area contributed by atoms with Crippen LogP contribution in [-0.4, -0.2) is 40.1 Å². The first-order valence-electron chi connectivity index (χ1n) is 11.4. The van der Waals surface area contributed by atoms with Gasteiger partial charge < -0.3 is 10.1 Å². The molecule has 0 saturated heterocycles. The number of carbonyl (C=O) groups is 2. The maximum absolute atomic E-state index is 13.9. The molecule has 36 heavy (non-hydrogen) atoms. The standard InChI is InChI=1S/C27H23FN4O3S/c1-35-19-13-11-17(12-14-19)22-15-23(18-7-3-2-4-8-18)32(31-22)27-30-26(34)24(36-27)16-25(33)29-21-10-6-5-9-20(21)28/h2-14,23-24H,15-16H2,1H3,(H,29,33)/t23-,24+/m0/s1. The number of amides is 2. The molecule has 0 unspecified atom stereocenters. The number of benzene rings is 3. The number of halogens is 1. The summed E-state index contributed by atoms with van der Waals surface area (Å²) in [5.41, 5.74) is 2.94. The first kappa shape index (κ1) is 23.7. The molecule has 0 saturated carbocycles. The summed E-state index contributed by atoms with van der Waals surface area (Å²) >= 11 is 1.21. The molecule has 1 N–H and O–H groups in total. The third kappa shape index (κ3) is 5.01. The van der Waals surface area contributed by atoms with Crippen LogP contribution < -0.4 is 10.1 Å². The van der Waals surface area contributed by atoms with E-state index < -0.39 is 22.9 Å². The predicted molar refractivity (Wildman–Crippen MR) is 139 cm³/mol. The summed E-state index contributed by atoms with van der Waals surface area (Å²) < 4.78 is 19.2. The number of hydrogen-bond donors (Lipinski definition) is 1. The van der Waals surface area contributed by atoms with Crippen LogP contribution in [0, 0.1) is 5.82 Å². The molecule has 0 aromatic heterocycles. The summed E-state index contributed by atoms with van der Waals surface area (Å²) in [6.45, 7) is 0. The van der Waals surface area contributed by atoms with Gasteiger partial charge >= 0.3 is 0 Å². The van der Waals surface area contributed by atoms with Gasteiger partial charge in [0.1, 0.15) is 16.8 Å². The van der Waals surface area contributed by atoms with Crippen molar-refractivity contribution in [3.8, 4) is 5.75 Å². The summed E-state index contributed by atoms with van der Waals surface area (Å²) in [4.78, 5) is 29.5. The highest BCUT2D eigenvalue weighted by atomic mass is 32.2. The lowest BCUT2D eigenvalue weighted by atomic mass is 9.98. The Kier molecular flexibility index (Phi) is 6.81. The number of methoxy groups -OCH3 is 1. The van der Waals surface area contributed by atoms with Gasteiger partial charge in [-0.3, -0.25) is 9.59 Å². The van der Waals surface area contributed by atoms with Crippen molar-refractivity contribution in [3.05, 3.63) is 95.8 Å². The highest BCUT2D eigenvalue weighted by Gasteiger charge is 2.39. The zero-order valence-electron chi connectivity index (χ0n) is 19.4. The maximum atomic E-state index is 13.9. The molecule has 3 aromatic carbocycles. The van der Waals surface area contributed by atoms with E-state index in [0.29, 0.717) is 11.6 Å². The number of nitrogens with zero attached hydrogens (tertiary/aromatic N) is 3. The quantitative estimate of drug-likeness (QED) is 0.512. The van der Waals surface area contributed by atoms with Crippen LogP contribution >= 0.6 is 11.8 Å². The third-order valence-corrected chi connectivity index (χ3v) is 7.10. The topological polar surface area (TPSA) is 83.4 Å². The maximum Gasteiger partial charge on any atom is 0.262 e. The van der Waals surface area contributed by atoms with Crippen LogP contribution in [0.3, 0.4) is 0 Å². The minimum Gasteiger partial charge on any atom is -0.497 e. The summed E-state index contributed by atoms with van der Waals surface area (Å²) in [7, 11) is 1.62. The van der Waals surface area contributed by atoms with E-state index in [1.165, 1.54) is 23.9 Å². The predicted octanol–water partition coefficient (Wildman–Crippen LogP) is 5.01. The molecule has 0 radical (unpaired) electrons. The molecule has 2 atom stereocenters. The molecule has 2 amide bonds. The van der Waals surface area contributed by atoms with E-state index in [2.05, 4.69) is 10.3 Å². The van der Waals surface area contributed by atoms with E-state index in [0.717, 1.165) is 22.6 Å². The van der Waals surface area contributed by atoms with E-state index in [1.807, 2.05) is 54.6 Å². The van der Waals surface area contributed by atoms with Crippen LogP contribution in [0.5, 0.6) is 5.75 Å². The average Bonchev–Trinajstić information content (AvgIpc) is 3.50. The van der Waals surface area contributed by atoms with Crippen molar-refractivity contribution in [2.45, 2.75) is 24.1 Å². The monoisotopic (exact) mass is 502 g/mol. The fourth-order valence-corrected chi connectivity index (χ4v) is 5.18. The van der Waals surface area contributed by atoms with Crippen LogP contribution in [0.4, 0.5) is 10.1 Å². The van der Waals surface area contributed by atoms with Gasteiger partial charge in [-0.25, -0.2) is 9.40 Å². The second kappa shape index (κ2) is 10.3. The van der Waals surface area contributed by atoms with Crippen molar-refractivity contribution in [3.63, 3.8) is 0 Å². The number of anilines is 1. The summed E-state index contributed by atoms with van der Waals surface area (Å²) in [5, 5.41) is 8.88. The van der Waals surface area contributed by atoms with Gasteiger partial charge in [-0.2, -0.15) is 10.1 Å². The van der Waals surface area contributed by atoms with Crippen molar-refractivity contribution in [2.24, 2.45) is 10.1 Å². The van der Waals surface area contributed by atoms with E-state index in [-0.39, 0.29) is 18.2 Å². The molecule has 7 nitrogen and oxygen atoms in total. The Morgan fingerprint density at radius 3 is 2.53 bits per heavy atom. The molecule has 0 aliphatic carbocycles. The van der Waals surface area contributed by atoms with Gasteiger partial charge in [-0.1, -0.05) is 54.2 Å². The van der Waals surface area contributed by atoms with Gasteiger partial charge in [0.2, 0.25) is 5.91 Å². The Morgan fingerprint density at radius 2 is 1.81 bits per heavy atom. The second-order valence-corrected chi connectivity index (χ2v) is 9.49. The molecule has 3 aromatic rings. The van der Waals surface area contributed by atoms with E-state index in [1.54, 1.807) is 24.3 Å². The number of hydrogen-bond acceptors (Lipinski definition) is 6. The third-order valence-electron chi connectivity index (χ3n) is 5.96. The van der Waals surface area contributed by atoms with Crippen LogP contribution in [0.2, 0.25) is 0 Å². The van der Waals surface area contributed by atoms with Gasteiger partial charge in [0.25, 0.3) is 5.91 Å². The number of aliphatic imine (C=N–C) groups is 1. The van der Waals surface area contributed by atoms with Crippen LogP contribution in [0.25, 0.3) is 0 Å². The molecule has 2 heterocycles. The Bertz CT molecular complexity index is 1340. The van der Waals surface area contributed by atoms with Crippen LogP contribution in [0.15, 0.2) is 89.0 Å². The van der Waals surface area contributed by atoms with E-state index in [4.69, 9.17) is 9.84 Å². The SMILES string of the molecule is COc1ccc(C2=NN(C3=NC(=O)[C@@H](CC(=O)Nc4ccccc4F)S3)[C@H](c3ccccc3)C2)cc1. The van der Waals surface area contributed by atoms with Gasteiger partial charge in [-0.05, 0) is 47.5 Å². The van der Waals surface area contributed by atoms with Gasteiger partial charge in [0.05, 0.1) is 24.6 Å². The number of nitrogens with one attached hydrogen (secondary N) is 1. The number of thioether (sulfide) groups is 1. The number of hydrazone groups is 1. The lowest BCUT2D eigenvalue weighted by Crippen LogP contribution is -2.25. The first-order valence-corrected chi connectivity index (χ1v) is 12.3. The summed E-state index contributed by atoms with van der Waals surface area (Å²) in [6.07, 6.45) is 0.506. The van der Waals surface area contributed by atoms with E-state index >= 15 is 0 Å². The molecule has 0 spiro atoms. The lowest BCUT2D eigenvalue weighted by molar-refractivity contribution is -0.121. The molecule has 2 aliphatic rings. The second-order valence-electron chi connectivity index (χ2n) is 8.32. The molecular formula is C27H23FN4O3S. The number of ether oxygens (including phenoxy) is 1. The number of rotatable bonds is 6. The van der Waals surface area contributed by atoms with Crippen molar-refractivity contribution >= 4 is 40.1 Å². The molecule has 0 fully saturated rings. The van der Waals surface area contributed by atoms with E-state index in [9.17, 15) is 14.0 Å². The van der Waals surface area contributed by atoms with Crippen LogP contribution in [-0.2, 0) is 9.59 Å². The fourth-order valence-electron chi connectivity index (χ4n) is 4.12. The first-order chi connectivity index (χ1) is 17.5. The fraction of sp³-hybridized carbons (Fsp3) is 0.185.